The lowest BCUT2D eigenvalue weighted by Gasteiger charge is -2.19. The first-order chi connectivity index (χ1) is 22.8. The van der Waals surface area contributed by atoms with E-state index in [1.165, 1.54) is 97.3 Å². The maximum absolute atomic E-state index is 2.57. The highest BCUT2D eigenvalue weighted by Gasteiger charge is 2.31. The lowest BCUT2D eigenvalue weighted by atomic mass is 9.84. The van der Waals surface area contributed by atoms with Crippen LogP contribution < -0.4 is 0 Å². The highest BCUT2D eigenvalue weighted by molar-refractivity contribution is 6.21. The van der Waals surface area contributed by atoms with Gasteiger partial charge in [-0.05, 0) is 122 Å². The fourth-order valence-electron chi connectivity index (χ4n) is 7.62. The summed E-state index contributed by atoms with van der Waals surface area (Å²) in [7, 11) is 0. The van der Waals surface area contributed by atoms with E-state index in [0.717, 1.165) is 12.3 Å². The second-order valence-corrected chi connectivity index (χ2v) is 12.3. The minimum Gasteiger partial charge on any atom is -0.0683 e. The van der Waals surface area contributed by atoms with Crippen molar-refractivity contribution < 1.29 is 0 Å². The van der Waals surface area contributed by atoms with Crippen molar-refractivity contribution in [3.8, 4) is 33.4 Å². The number of fused-ring (bicyclic) bond motifs is 4. The van der Waals surface area contributed by atoms with Gasteiger partial charge in [0.25, 0.3) is 0 Å². The third-order valence-electron chi connectivity index (χ3n) is 9.81. The summed E-state index contributed by atoms with van der Waals surface area (Å²) in [5.41, 5.74) is 15.6. The third kappa shape index (κ3) is 5.31. The molecule has 0 nitrogen and oxygen atoms in total. The van der Waals surface area contributed by atoms with Crippen LogP contribution in [0.4, 0.5) is 0 Å². The number of rotatable bonds is 4. The van der Waals surface area contributed by atoms with Gasteiger partial charge in [-0.15, -0.1) is 0 Å². The Balaban J connectivity index is 0.000000815. The first-order valence-corrected chi connectivity index (χ1v) is 17.5. The summed E-state index contributed by atoms with van der Waals surface area (Å²) in [4.78, 5) is 0. The standard InChI is InChI=1S/C42H32.2C2H6/c1-2-9-27(10-3-1)29-11-8-12-33(23-29)41-35-13-4-6-15-37(35)42(38-16-7-5-14-36(38)41)34-22-21-32-24-31-20-19-30(28-17-18-28)25-39(31)40(32)26-34;2*1-2/h1-16,21-23,25-26,28H,17-20,24H2;2*1-2H3. The molecule has 46 heavy (non-hydrogen) atoms. The van der Waals surface area contributed by atoms with Crippen molar-refractivity contribution in [1.82, 2.24) is 0 Å². The van der Waals surface area contributed by atoms with Gasteiger partial charge in [-0.1, -0.05) is 154 Å². The first-order valence-electron chi connectivity index (χ1n) is 17.5. The monoisotopic (exact) mass is 596 g/mol. The van der Waals surface area contributed by atoms with Crippen LogP contribution in [0.1, 0.15) is 64.5 Å². The van der Waals surface area contributed by atoms with Crippen LogP contribution in [0.3, 0.4) is 0 Å². The zero-order valence-electron chi connectivity index (χ0n) is 27.7. The number of hydrogen-bond donors (Lipinski definition) is 0. The van der Waals surface area contributed by atoms with Crippen molar-refractivity contribution in [2.24, 2.45) is 5.92 Å². The van der Waals surface area contributed by atoms with E-state index in [4.69, 9.17) is 0 Å². The van der Waals surface area contributed by atoms with Gasteiger partial charge in [0.2, 0.25) is 0 Å². The van der Waals surface area contributed by atoms with E-state index in [2.05, 4.69) is 127 Å². The highest BCUT2D eigenvalue weighted by Crippen LogP contribution is 2.49. The Morgan fingerprint density at radius 1 is 0.478 bits per heavy atom. The molecule has 3 aliphatic rings. The quantitative estimate of drug-likeness (QED) is 0.178. The van der Waals surface area contributed by atoms with E-state index in [9.17, 15) is 0 Å². The van der Waals surface area contributed by atoms with Crippen LogP contribution in [0, 0.1) is 5.92 Å². The van der Waals surface area contributed by atoms with Gasteiger partial charge in [0, 0.05) is 0 Å². The minimum absolute atomic E-state index is 0.854. The van der Waals surface area contributed by atoms with Gasteiger partial charge in [-0.2, -0.15) is 0 Å². The molecule has 0 amide bonds. The van der Waals surface area contributed by atoms with Gasteiger partial charge >= 0.3 is 0 Å². The van der Waals surface area contributed by atoms with Gasteiger partial charge < -0.3 is 0 Å². The summed E-state index contributed by atoms with van der Waals surface area (Å²) in [5.74, 6) is 0.854. The van der Waals surface area contributed by atoms with Crippen molar-refractivity contribution in [2.45, 2.75) is 59.8 Å². The van der Waals surface area contributed by atoms with Gasteiger partial charge in [0.15, 0.2) is 0 Å². The SMILES string of the molecule is C1=C(C2CC2)CCC2=C1c1cc(-c3c4ccccc4c(-c4cccc(-c5ccccc5)c4)c4ccccc34)ccc1C2.CC.CC. The van der Waals surface area contributed by atoms with E-state index >= 15 is 0 Å². The Bertz CT molecular complexity index is 2040. The van der Waals surface area contributed by atoms with Gasteiger partial charge in [-0.25, -0.2) is 0 Å². The molecule has 0 aromatic heterocycles. The molecule has 0 spiro atoms. The molecule has 0 atom stereocenters. The number of benzene rings is 6. The Morgan fingerprint density at radius 2 is 1.02 bits per heavy atom. The maximum Gasteiger partial charge on any atom is -0.00262 e. The lowest BCUT2D eigenvalue weighted by Crippen LogP contribution is -1.97. The predicted molar refractivity (Wildman–Crippen MR) is 201 cm³/mol. The van der Waals surface area contributed by atoms with E-state index in [0.29, 0.717) is 0 Å². The molecule has 1 fully saturated rings. The Kier molecular flexibility index (Phi) is 8.46. The van der Waals surface area contributed by atoms with Crippen LogP contribution >= 0.6 is 0 Å². The summed E-state index contributed by atoms with van der Waals surface area (Å²) >= 11 is 0. The number of hydrogen-bond acceptors (Lipinski definition) is 0. The molecule has 0 heteroatoms. The van der Waals surface area contributed by atoms with Gasteiger partial charge in [0.05, 0.1) is 0 Å². The maximum atomic E-state index is 2.57. The molecule has 0 heterocycles. The smallest absolute Gasteiger partial charge is 0.00262 e. The second kappa shape index (κ2) is 13.0. The van der Waals surface area contributed by atoms with E-state index in [1.807, 2.05) is 27.7 Å². The zero-order chi connectivity index (χ0) is 31.6. The summed E-state index contributed by atoms with van der Waals surface area (Å²) in [5, 5.41) is 5.26. The largest absolute Gasteiger partial charge is 0.0683 e. The van der Waals surface area contributed by atoms with Crippen molar-refractivity contribution in [2.75, 3.05) is 0 Å². The highest BCUT2D eigenvalue weighted by atomic mass is 14.4. The van der Waals surface area contributed by atoms with Gasteiger partial charge in [-0.3, -0.25) is 0 Å². The first kappa shape index (κ1) is 30.0. The van der Waals surface area contributed by atoms with Crippen LogP contribution in [0.2, 0.25) is 0 Å². The van der Waals surface area contributed by atoms with Crippen LogP contribution in [0.15, 0.2) is 139 Å². The molecular formula is C46H44. The van der Waals surface area contributed by atoms with E-state index < -0.39 is 0 Å². The van der Waals surface area contributed by atoms with Crippen LogP contribution in [-0.2, 0) is 6.42 Å². The zero-order valence-corrected chi connectivity index (χ0v) is 27.7. The normalized spacial score (nSPS) is 14.9. The minimum atomic E-state index is 0.854. The fourth-order valence-corrected chi connectivity index (χ4v) is 7.62. The Morgan fingerprint density at radius 3 is 1.63 bits per heavy atom. The second-order valence-electron chi connectivity index (χ2n) is 12.3. The summed E-state index contributed by atoms with van der Waals surface area (Å²) in [6.07, 6.45) is 8.99. The molecule has 9 rings (SSSR count). The molecular weight excluding hydrogens is 553 g/mol. The van der Waals surface area contributed by atoms with E-state index in [1.54, 1.807) is 11.1 Å². The predicted octanol–water partition coefficient (Wildman–Crippen LogP) is 13.5. The fraction of sp³-hybridized carbons (Fsp3) is 0.217. The van der Waals surface area contributed by atoms with Crippen molar-refractivity contribution >= 4 is 27.1 Å². The molecule has 6 aromatic rings. The summed E-state index contributed by atoms with van der Waals surface area (Å²) in [6.45, 7) is 8.00. The lowest BCUT2D eigenvalue weighted by molar-refractivity contribution is 0.816. The summed E-state index contributed by atoms with van der Waals surface area (Å²) < 4.78 is 0. The molecule has 1 saturated carbocycles. The van der Waals surface area contributed by atoms with Crippen molar-refractivity contribution in [3.63, 3.8) is 0 Å². The van der Waals surface area contributed by atoms with Gasteiger partial charge in [0.1, 0.15) is 0 Å². The molecule has 6 aromatic carbocycles. The average Bonchev–Trinajstić information content (AvgIpc) is 3.93. The van der Waals surface area contributed by atoms with Crippen molar-refractivity contribution in [1.29, 1.82) is 0 Å². The molecule has 0 unspecified atom stereocenters. The molecule has 0 N–H and O–H groups in total. The summed E-state index contributed by atoms with van der Waals surface area (Å²) in [6, 6.07) is 45.1. The van der Waals surface area contributed by atoms with Crippen LogP contribution in [0.5, 0.6) is 0 Å². The Labute approximate surface area is 275 Å². The number of allylic oxidation sites excluding steroid dienone is 4. The van der Waals surface area contributed by atoms with Crippen LogP contribution in [-0.4, -0.2) is 0 Å². The average molecular weight is 597 g/mol. The van der Waals surface area contributed by atoms with E-state index in [-0.39, 0.29) is 0 Å². The molecule has 3 aliphatic carbocycles. The third-order valence-corrected chi connectivity index (χ3v) is 9.81. The molecule has 0 aliphatic heterocycles. The molecule has 228 valence electrons. The molecule has 0 bridgehead atoms. The van der Waals surface area contributed by atoms with Crippen LogP contribution in [0.25, 0.3) is 60.5 Å². The molecule has 0 radical (unpaired) electrons. The van der Waals surface area contributed by atoms with Crippen molar-refractivity contribution in [3.05, 3.63) is 150 Å². The Hall–Kier alpha value is -4.68. The molecule has 0 saturated heterocycles. The topological polar surface area (TPSA) is 0 Å².